The van der Waals surface area contributed by atoms with E-state index in [4.69, 9.17) is 9.47 Å². The number of nitrogens with zero attached hydrogens (tertiary/aromatic N) is 4. The fourth-order valence-corrected chi connectivity index (χ4v) is 6.48. The minimum absolute atomic E-state index is 0.0333. The second-order valence-corrected chi connectivity index (χ2v) is 11.4. The molecule has 2 saturated heterocycles. The average molecular weight is 643 g/mol. The summed E-state index contributed by atoms with van der Waals surface area (Å²) in [6, 6.07) is 5.95. The van der Waals surface area contributed by atoms with Crippen molar-refractivity contribution in [3.63, 3.8) is 0 Å². The summed E-state index contributed by atoms with van der Waals surface area (Å²) in [4.78, 5) is 15.5. The van der Waals surface area contributed by atoms with Gasteiger partial charge in [-0.1, -0.05) is 32.9 Å². The average Bonchev–Trinajstić information content (AvgIpc) is 3.37. The maximum atomic E-state index is 13.9. The van der Waals surface area contributed by atoms with E-state index in [0.29, 0.717) is 23.5 Å². The van der Waals surface area contributed by atoms with Gasteiger partial charge in [0.25, 0.3) is 5.91 Å². The van der Waals surface area contributed by atoms with Gasteiger partial charge in [-0.15, -0.1) is 5.10 Å². The van der Waals surface area contributed by atoms with E-state index in [1.54, 1.807) is 30.0 Å². The SMILES string of the molecule is CCO[C@@H]1[C@@H](n2cc(-c3cc(F)c(F)c(F)c3)nn2)[C@@H](O)[C@@H](CO)O[C@@H]1Sc1cc(Br)ccc1C(=O)N1CCC1. The summed E-state index contributed by atoms with van der Waals surface area (Å²) < 4.78 is 55.3. The standard InChI is InChI=1S/C26H26BrF3N4O5S/c1-2-38-24-22(34-11-18(31-32-34)13-8-16(28)21(30)17(29)9-13)23(36)19(12-35)39-26(24)40-20-10-14(27)4-5-15(20)25(37)33-6-3-7-33/h4-5,8-11,19,22-24,26,35-36H,2-3,6-7,12H2,1H3/t19-,22+,23+,24-,26-/m1/s1. The van der Waals surface area contributed by atoms with Gasteiger partial charge >= 0.3 is 0 Å². The van der Waals surface area contributed by atoms with Crippen LogP contribution in [0.2, 0.25) is 0 Å². The Labute approximate surface area is 240 Å². The molecule has 0 aliphatic carbocycles. The highest BCUT2D eigenvalue weighted by atomic mass is 79.9. The molecule has 1 amide bonds. The Bertz CT molecular complexity index is 1370. The Hall–Kier alpha value is -2.49. The summed E-state index contributed by atoms with van der Waals surface area (Å²) in [6.07, 6.45) is -0.910. The number of aliphatic hydroxyl groups excluding tert-OH is 2. The molecule has 3 aromatic rings. The quantitative estimate of drug-likeness (QED) is 0.357. The van der Waals surface area contributed by atoms with Gasteiger partial charge in [0.1, 0.15) is 35.5 Å². The number of likely N-dealkylation sites (tertiary alicyclic amines) is 1. The molecular weight excluding hydrogens is 617 g/mol. The lowest BCUT2D eigenvalue weighted by Gasteiger charge is -2.43. The lowest BCUT2D eigenvalue weighted by molar-refractivity contribution is -0.191. The fraction of sp³-hybridized carbons (Fsp3) is 0.423. The Balaban J connectivity index is 1.49. The third-order valence-electron chi connectivity index (χ3n) is 6.84. The molecule has 2 fully saturated rings. The minimum Gasteiger partial charge on any atom is -0.394 e. The van der Waals surface area contributed by atoms with Crippen molar-refractivity contribution in [2.24, 2.45) is 0 Å². The van der Waals surface area contributed by atoms with Gasteiger partial charge in [0, 0.05) is 34.6 Å². The van der Waals surface area contributed by atoms with Gasteiger partial charge in [0.05, 0.1) is 18.4 Å². The molecule has 3 heterocycles. The van der Waals surface area contributed by atoms with E-state index in [-0.39, 0.29) is 23.8 Å². The van der Waals surface area contributed by atoms with Crippen molar-refractivity contribution in [1.29, 1.82) is 0 Å². The minimum atomic E-state index is -1.60. The van der Waals surface area contributed by atoms with Crippen LogP contribution < -0.4 is 0 Å². The van der Waals surface area contributed by atoms with Crippen LogP contribution in [0.25, 0.3) is 11.3 Å². The zero-order valence-electron chi connectivity index (χ0n) is 21.2. The first kappa shape index (κ1) is 29.0. The van der Waals surface area contributed by atoms with Crippen molar-refractivity contribution in [3.8, 4) is 11.3 Å². The summed E-state index contributed by atoms with van der Waals surface area (Å²) in [5, 5.41) is 29.2. The molecule has 2 N–H and O–H groups in total. The first-order valence-corrected chi connectivity index (χ1v) is 14.3. The maximum Gasteiger partial charge on any atom is 0.254 e. The zero-order chi connectivity index (χ0) is 28.6. The van der Waals surface area contributed by atoms with Crippen LogP contribution in [0.3, 0.4) is 0 Å². The number of benzene rings is 2. The highest BCUT2D eigenvalue weighted by molar-refractivity contribution is 9.10. The predicted molar refractivity (Wildman–Crippen MR) is 142 cm³/mol. The van der Waals surface area contributed by atoms with Crippen LogP contribution in [0.15, 0.2) is 45.9 Å². The molecule has 2 aliphatic rings. The van der Waals surface area contributed by atoms with Crippen molar-refractivity contribution < 1.29 is 37.7 Å². The van der Waals surface area contributed by atoms with Crippen LogP contribution in [0.4, 0.5) is 13.2 Å². The molecule has 0 bridgehead atoms. The van der Waals surface area contributed by atoms with Crippen molar-refractivity contribution in [2.75, 3.05) is 26.3 Å². The molecule has 214 valence electrons. The topological polar surface area (TPSA) is 110 Å². The highest BCUT2D eigenvalue weighted by Crippen LogP contribution is 2.42. The first-order valence-electron chi connectivity index (χ1n) is 12.6. The van der Waals surface area contributed by atoms with Crippen LogP contribution in [0, 0.1) is 17.5 Å². The number of halogens is 4. The predicted octanol–water partition coefficient (Wildman–Crippen LogP) is 3.79. The molecule has 5 atom stereocenters. The van der Waals surface area contributed by atoms with Crippen LogP contribution in [0.5, 0.6) is 0 Å². The maximum absolute atomic E-state index is 13.9. The zero-order valence-corrected chi connectivity index (χ0v) is 23.6. The number of amides is 1. The second-order valence-electron chi connectivity index (χ2n) is 9.37. The number of hydrogen-bond donors (Lipinski definition) is 2. The van der Waals surface area contributed by atoms with E-state index in [9.17, 15) is 28.2 Å². The lowest BCUT2D eigenvalue weighted by Crippen LogP contribution is -2.56. The number of carbonyl (C=O) groups excluding carboxylic acids is 1. The number of rotatable bonds is 8. The smallest absolute Gasteiger partial charge is 0.254 e. The Morgan fingerprint density at radius 3 is 2.58 bits per heavy atom. The molecule has 14 heteroatoms. The Morgan fingerprint density at radius 1 is 1.23 bits per heavy atom. The molecule has 5 rings (SSSR count). The van der Waals surface area contributed by atoms with E-state index >= 15 is 0 Å². The number of aliphatic hydroxyl groups is 2. The summed E-state index contributed by atoms with van der Waals surface area (Å²) in [5.74, 6) is -4.47. The van der Waals surface area contributed by atoms with E-state index in [2.05, 4.69) is 26.2 Å². The molecule has 1 aromatic heterocycles. The summed E-state index contributed by atoms with van der Waals surface area (Å²) >= 11 is 4.67. The van der Waals surface area contributed by atoms with Gasteiger partial charge in [-0.05, 0) is 43.7 Å². The van der Waals surface area contributed by atoms with Gasteiger partial charge in [-0.25, -0.2) is 17.9 Å². The second kappa shape index (κ2) is 12.2. The number of ether oxygens (including phenoxy) is 2. The van der Waals surface area contributed by atoms with Crippen LogP contribution >= 0.6 is 27.7 Å². The summed E-state index contributed by atoms with van der Waals surface area (Å²) in [7, 11) is 0. The van der Waals surface area contributed by atoms with Crippen molar-refractivity contribution >= 4 is 33.6 Å². The van der Waals surface area contributed by atoms with Gasteiger partial charge in [-0.2, -0.15) is 0 Å². The lowest BCUT2D eigenvalue weighted by atomic mass is 9.97. The van der Waals surface area contributed by atoms with E-state index < -0.39 is 53.8 Å². The molecule has 0 radical (unpaired) electrons. The van der Waals surface area contributed by atoms with Gasteiger partial charge in [-0.3, -0.25) is 4.79 Å². The highest BCUT2D eigenvalue weighted by Gasteiger charge is 2.48. The van der Waals surface area contributed by atoms with Crippen molar-refractivity contribution in [3.05, 3.63) is 64.0 Å². The molecular formula is C26H26BrF3N4O5S. The van der Waals surface area contributed by atoms with Crippen LogP contribution in [-0.4, -0.2) is 86.1 Å². The molecule has 2 aliphatic heterocycles. The number of carbonyl (C=O) groups is 1. The largest absolute Gasteiger partial charge is 0.394 e. The Morgan fingerprint density at radius 2 is 1.95 bits per heavy atom. The van der Waals surface area contributed by atoms with Gasteiger partial charge in [0.15, 0.2) is 17.5 Å². The van der Waals surface area contributed by atoms with E-state index in [1.807, 2.05) is 0 Å². The third kappa shape index (κ3) is 5.65. The Kier molecular flexibility index (Phi) is 8.83. The monoisotopic (exact) mass is 642 g/mol. The van der Waals surface area contributed by atoms with Gasteiger partial charge in [0.2, 0.25) is 0 Å². The van der Waals surface area contributed by atoms with Crippen molar-refractivity contribution in [2.45, 2.75) is 48.0 Å². The fourth-order valence-electron chi connectivity index (χ4n) is 4.67. The van der Waals surface area contributed by atoms with Crippen LogP contribution in [0.1, 0.15) is 29.7 Å². The molecule has 0 spiro atoms. The van der Waals surface area contributed by atoms with Crippen LogP contribution in [-0.2, 0) is 9.47 Å². The molecule has 2 aromatic carbocycles. The summed E-state index contributed by atoms with van der Waals surface area (Å²) in [6.45, 7) is 2.82. The molecule has 0 saturated carbocycles. The normalized spacial score (nSPS) is 24.7. The van der Waals surface area contributed by atoms with E-state index in [1.165, 1.54) is 22.6 Å². The molecule has 9 nitrogen and oxygen atoms in total. The summed E-state index contributed by atoms with van der Waals surface area (Å²) in [5.41, 5.74) is -0.342. The number of hydrogen-bond acceptors (Lipinski definition) is 8. The van der Waals surface area contributed by atoms with Crippen molar-refractivity contribution in [1.82, 2.24) is 19.9 Å². The van der Waals surface area contributed by atoms with Gasteiger partial charge < -0.3 is 24.6 Å². The third-order valence-corrected chi connectivity index (χ3v) is 8.54. The molecule has 40 heavy (non-hydrogen) atoms. The molecule has 0 unspecified atom stereocenters. The number of thioether (sulfide) groups is 1. The number of aromatic nitrogens is 3. The van der Waals surface area contributed by atoms with E-state index in [0.717, 1.165) is 23.0 Å². The first-order chi connectivity index (χ1) is 19.2.